The summed E-state index contributed by atoms with van der Waals surface area (Å²) < 4.78 is 0. The molecule has 1 aromatic rings. The fourth-order valence-electron chi connectivity index (χ4n) is 3.40. The molecule has 0 spiro atoms. The highest BCUT2D eigenvalue weighted by atomic mass is 35.5. The van der Waals surface area contributed by atoms with Crippen LogP contribution in [-0.2, 0) is 4.79 Å². The molecule has 0 bridgehead atoms. The van der Waals surface area contributed by atoms with E-state index in [9.17, 15) is 9.59 Å². The number of amides is 1. The standard InChI is InChI=1S/C19H23ClN2O2/c1-12-17(9-10-18(12)23)21-14-7-8-15(16(20)11-14)19(24)22-13-5-3-2-4-6-13/h7-8,11,13,21H,2-6,9-10H2,1H3,(H,22,24). The minimum Gasteiger partial charge on any atom is -0.359 e. The summed E-state index contributed by atoms with van der Waals surface area (Å²) in [6, 6.07) is 5.60. The van der Waals surface area contributed by atoms with E-state index in [1.54, 1.807) is 12.1 Å². The van der Waals surface area contributed by atoms with E-state index >= 15 is 0 Å². The zero-order valence-corrected chi connectivity index (χ0v) is 14.7. The first-order chi connectivity index (χ1) is 11.5. The first-order valence-corrected chi connectivity index (χ1v) is 9.03. The minimum atomic E-state index is -0.107. The third-order valence-corrected chi connectivity index (χ3v) is 5.24. The molecule has 0 radical (unpaired) electrons. The number of benzene rings is 1. The first kappa shape index (κ1) is 17.0. The summed E-state index contributed by atoms with van der Waals surface area (Å²) in [5.41, 5.74) is 3.03. The molecule has 0 aromatic heterocycles. The van der Waals surface area contributed by atoms with Crippen LogP contribution in [0.3, 0.4) is 0 Å². The molecule has 0 atom stereocenters. The molecule has 1 amide bonds. The van der Waals surface area contributed by atoms with Crippen molar-refractivity contribution < 1.29 is 9.59 Å². The molecule has 0 aliphatic heterocycles. The number of nitrogens with one attached hydrogen (secondary N) is 2. The predicted octanol–water partition coefficient (Wildman–Crippen LogP) is 4.45. The summed E-state index contributed by atoms with van der Waals surface area (Å²) in [5.74, 6) is 0.0805. The third-order valence-electron chi connectivity index (χ3n) is 4.92. The van der Waals surface area contributed by atoms with Crippen LogP contribution in [0.1, 0.15) is 62.2 Å². The number of rotatable bonds is 4. The van der Waals surface area contributed by atoms with E-state index in [4.69, 9.17) is 11.6 Å². The molecular formula is C19H23ClN2O2. The molecule has 2 N–H and O–H groups in total. The SMILES string of the molecule is CC1=C(Nc2ccc(C(=O)NC3CCCCC3)c(Cl)c2)CCC1=O. The van der Waals surface area contributed by atoms with Crippen LogP contribution in [0.2, 0.25) is 5.02 Å². The molecule has 4 nitrogen and oxygen atoms in total. The summed E-state index contributed by atoms with van der Waals surface area (Å²) >= 11 is 6.31. The Hall–Kier alpha value is -1.81. The Balaban J connectivity index is 1.68. The van der Waals surface area contributed by atoms with Gasteiger partial charge in [0, 0.05) is 29.4 Å². The van der Waals surface area contributed by atoms with Crippen molar-refractivity contribution in [3.63, 3.8) is 0 Å². The maximum absolute atomic E-state index is 12.4. The second kappa shape index (κ2) is 7.39. The van der Waals surface area contributed by atoms with Crippen molar-refractivity contribution in [2.75, 3.05) is 5.32 Å². The number of hydrogen-bond donors (Lipinski definition) is 2. The number of carbonyl (C=O) groups excluding carboxylic acids is 2. The number of hydrogen-bond acceptors (Lipinski definition) is 3. The van der Waals surface area contributed by atoms with Crippen molar-refractivity contribution in [3.8, 4) is 0 Å². The van der Waals surface area contributed by atoms with Crippen molar-refractivity contribution in [3.05, 3.63) is 40.1 Å². The summed E-state index contributed by atoms with van der Waals surface area (Å²) in [7, 11) is 0. The molecule has 128 valence electrons. The molecular weight excluding hydrogens is 324 g/mol. The van der Waals surface area contributed by atoms with Gasteiger partial charge < -0.3 is 10.6 Å². The second-order valence-corrected chi connectivity index (χ2v) is 7.06. The topological polar surface area (TPSA) is 58.2 Å². The zero-order valence-electron chi connectivity index (χ0n) is 14.0. The second-order valence-electron chi connectivity index (χ2n) is 6.65. The Morgan fingerprint density at radius 2 is 1.92 bits per heavy atom. The van der Waals surface area contributed by atoms with Gasteiger partial charge in [-0.15, -0.1) is 0 Å². The number of anilines is 1. The molecule has 1 aromatic carbocycles. The molecule has 1 saturated carbocycles. The molecule has 1 fully saturated rings. The lowest BCUT2D eigenvalue weighted by Gasteiger charge is -2.23. The molecule has 2 aliphatic carbocycles. The van der Waals surface area contributed by atoms with Crippen molar-refractivity contribution in [1.29, 1.82) is 0 Å². The smallest absolute Gasteiger partial charge is 0.253 e. The number of Topliss-reactive ketones (excluding diaryl/α,β-unsaturated/α-hetero) is 1. The number of allylic oxidation sites excluding steroid dienone is 2. The van der Waals surface area contributed by atoms with Gasteiger partial charge in [-0.05, 0) is 44.4 Å². The summed E-state index contributed by atoms with van der Waals surface area (Å²) in [5, 5.41) is 6.76. The van der Waals surface area contributed by atoms with Crippen LogP contribution in [0.5, 0.6) is 0 Å². The molecule has 0 saturated heterocycles. The fourth-order valence-corrected chi connectivity index (χ4v) is 3.67. The lowest BCUT2D eigenvalue weighted by Crippen LogP contribution is -2.36. The van der Waals surface area contributed by atoms with E-state index in [0.29, 0.717) is 17.0 Å². The van der Waals surface area contributed by atoms with E-state index in [-0.39, 0.29) is 17.7 Å². The fraction of sp³-hybridized carbons (Fsp3) is 0.474. The monoisotopic (exact) mass is 346 g/mol. The Labute approximate surface area is 147 Å². The van der Waals surface area contributed by atoms with Gasteiger partial charge in [0.15, 0.2) is 5.78 Å². The summed E-state index contributed by atoms with van der Waals surface area (Å²) in [6.07, 6.45) is 6.99. The van der Waals surface area contributed by atoms with E-state index in [1.807, 2.05) is 13.0 Å². The van der Waals surface area contributed by atoms with E-state index in [0.717, 1.165) is 36.2 Å². The minimum absolute atomic E-state index is 0.107. The van der Waals surface area contributed by atoms with Gasteiger partial charge in [-0.25, -0.2) is 0 Å². The van der Waals surface area contributed by atoms with Crippen LogP contribution in [0.15, 0.2) is 29.5 Å². The average molecular weight is 347 g/mol. The summed E-state index contributed by atoms with van der Waals surface area (Å²) in [6.45, 7) is 1.84. The van der Waals surface area contributed by atoms with E-state index in [2.05, 4.69) is 10.6 Å². The average Bonchev–Trinajstić information content (AvgIpc) is 2.88. The molecule has 0 heterocycles. The molecule has 0 unspecified atom stereocenters. The van der Waals surface area contributed by atoms with E-state index < -0.39 is 0 Å². The lowest BCUT2D eigenvalue weighted by molar-refractivity contribution is -0.114. The van der Waals surface area contributed by atoms with Crippen molar-refractivity contribution in [1.82, 2.24) is 5.32 Å². The molecule has 24 heavy (non-hydrogen) atoms. The highest BCUT2D eigenvalue weighted by Gasteiger charge is 2.21. The molecule has 2 aliphatic rings. The Kier molecular flexibility index (Phi) is 5.24. The van der Waals surface area contributed by atoms with Gasteiger partial charge in [0.25, 0.3) is 5.91 Å². The normalized spacial score (nSPS) is 18.8. The van der Waals surface area contributed by atoms with Gasteiger partial charge >= 0.3 is 0 Å². The maximum atomic E-state index is 12.4. The van der Waals surface area contributed by atoms with Crippen LogP contribution in [0.25, 0.3) is 0 Å². The Morgan fingerprint density at radius 1 is 1.17 bits per heavy atom. The molecule has 5 heteroatoms. The first-order valence-electron chi connectivity index (χ1n) is 8.65. The largest absolute Gasteiger partial charge is 0.359 e. The third kappa shape index (κ3) is 3.81. The Morgan fingerprint density at radius 3 is 2.54 bits per heavy atom. The quantitative estimate of drug-likeness (QED) is 0.846. The van der Waals surface area contributed by atoms with Crippen LogP contribution in [0, 0.1) is 0 Å². The van der Waals surface area contributed by atoms with Crippen molar-refractivity contribution in [2.24, 2.45) is 0 Å². The van der Waals surface area contributed by atoms with Crippen LogP contribution >= 0.6 is 11.6 Å². The van der Waals surface area contributed by atoms with Gasteiger partial charge in [-0.2, -0.15) is 0 Å². The van der Waals surface area contributed by atoms with Crippen molar-refractivity contribution in [2.45, 2.75) is 57.9 Å². The van der Waals surface area contributed by atoms with Gasteiger partial charge in [-0.1, -0.05) is 30.9 Å². The maximum Gasteiger partial charge on any atom is 0.253 e. The van der Waals surface area contributed by atoms with Gasteiger partial charge in [0.05, 0.1) is 10.6 Å². The predicted molar refractivity (Wildman–Crippen MR) is 96.4 cm³/mol. The van der Waals surface area contributed by atoms with Gasteiger partial charge in [0.2, 0.25) is 0 Å². The molecule has 3 rings (SSSR count). The van der Waals surface area contributed by atoms with Crippen LogP contribution < -0.4 is 10.6 Å². The van der Waals surface area contributed by atoms with Crippen LogP contribution in [0.4, 0.5) is 5.69 Å². The van der Waals surface area contributed by atoms with Crippen LogP contribution in [-0.4, -0.2) is 17.7 Å². The van der Waals surface area contributed by atoms with Crippen molar-refractivity contribution >= 4 is 29.0 Å². The highest BCUT2D eigenvalue weighted by molar-refractivity contribution is 6.34. The number of carbonyl (C=O) groups is 2. The highest BCUT2D eigenvalue weighted by Crippen LogP contribution is 2.27. The number of ketones is 1. The van der Waals surface area contributed by atoms with Gasteiger partial charge in [0.1, 0.15) is 0 Å². The Bertz CT molecular complexity index is 691. The number of halogens is 1. The summed E-state index contributed by atoms with van der Waals surface area (Å²) in [4.78, 5) is 24.0. The zero-order chi connectivity index (χ0) is 17.1. The lowest BCUT2D eigenvalue weighted by atomic mass is 9.95. The van der Waals surface area contributed by atoms with E-state index in [1.165, 1.54) is 19.3 Å². The van der Waals surface area contributed by atoms with Gasteiger partial charge in [-0.3, -0.25) is 9.59 Å².